The Balaban J connectivity index is 2.81. The van der Waals surface area contributed by atoms with Gasteiger partial charge < -0.3 is 5.32 Å². The first-order valence-electron chi connectivity index (χ1n) is 5.77. The topological polar surface area (TPSA) is 70.2 Å². The quantitative estimate of drug-likeness (QED) is 0.759. The zero-order valence-electron chi connectivity index (χ0n) is 11.2. The van der Waals surface area contributed by atoms with Crippen molar-refractivity contribution in [2.24, 2.45) is 0 Å². The first-order chi connectivity index (χ1) is 8.22. The first kappa shape index (κ1) is 14.9. The van der Waals surface area contributed by atoms with Gasteiger partial charge in [0.15, 0.2) is 0 Å². The molecule has 0 saturated heterocycles. The highest BCUT2D eigenvalue weighted by Gasteiger charge is 2.19. The van der Waals surface area contributed by atoms with Crippen LogP contribution in [0.4, 0.5) is 5.69 Å². The summed E-state index contributed by atoms with van der Waals surface area (Å²) in [6.45, 7) is 6.08. The number of hydrogen-bond donors (Lipinski definition) is 3. The molecule has 6 heteroatoms. The van der Waals surface area contributed by atoms with E-state index in [1.807, 2.05) is 19.2 Å². The summed E-state index contributed by atoms with van der Waals surface area (Å²) in [5.74, 6) is 0. The van der Waals surface area contributed by atoms with Gasteiger partial charge in [0, 0.05) is 12.1 Å². The molecule has 0 spiro atoms. The van der Waals surface area contributed by atoms with Crippen molar-refractivity contribution in [2.45, 2.75) is 32.9 Å². The SMILES string of the molecule is CNCc1cccc(NS(=O)(=O)NC(C)(C)C)c1. The minimum atomic E-state index is -3.54. The van der Waals surface area contributed by atoms with Crippen molar-refractivity contribution < 1.29 is 8.42 Å². The lowest BCUT2D eigenvalue weighted by atomic mass is 10.1. The third kappa shape index (κ3) is 5.48. The third-order valence-electron chi connectivity index (χ3n) is 2.00. The summed E-state index contributed by atoms with van der Waals surface area (Å²) >= 11 is 0. The molecule has 3 N–H and O–H groups in total. The van der Waals surface area contributed by atoms with Gasteiger partial charge >= 0.3 is 0 Å². The Labute approximate surface area is 109 Å². The maximum atomic E-state index is 11.8. The fourth-order valence-corrected chi connectivity index (χ4v) is 2.83. The van der Waals surface area contributed by atoms with Crippen LogP contribution in [0.3, 0.4) is 0 Å². The second kappa shape index (κ2) is 5.69. The molecule has 1 rings (SSSR count). The van der Waals surface area contributed by atoms with Gasteiger partial charge in [-0.2, -0.15) is 13.1 Å². The summed E-state index contributed by atoms with van der Waals surface area (Å²) in [5, 5.41) is 3.02. The van der Waals surface area contributed by atoms with E-state index in [4.69, 9.17) is 0 Å². The lowest BCUT2D eigenvalue weighted by Crippen LogP contribution is -2.43. The van der Waals surface area contributed by atoms with Gasteiger partial charge in [-0.05, 0) is 45.5 Å². The van der Waals surface area contributed by atoms with Crippen molar-refractivity contribution >= 4 is 15.9 Å². The van der Waals surface area contributed by atoms with Crippen molar-refractivity contribution in [1.82, 2.24) is 10.0 Å². The average Bonchev–Trinajstić information content (AvgIpc) is 2.13. The Bertz CT molecular complexity index is 492. The molecule has 0 aliphatic rings. The van der Waals surface area contributed by atoms with Gasteiger partial charge in [0.1, 0.15) is 0 Å². The minimum absolute atomic E-state index is 0.506. The van der Waals surface area contributed by atoms with E-state index in [2.05, 4.69) is 14.8 Å². The number of anilines is 1. The predicted octanol–water partition coefficient (Wildman–Crippen LogP) is 1.45. The Morgan fingerprint density at radius 2 is 1.89 bits per heavy atom. The van der Waals surface area contributed by atoms with Crippen LogP contribution in [0.5, 0.6) is 0 Å². The standard InChI is InChI=1S/C12H21N3O2S/c1-12(2,3)15-18(16,17)14-11-7-5-6-10(8-11)9-13-4/h5-8,13-15H,9H2,1-4H3. The van der Waals surface area contributed by atoms with E-state index in [9.17, 15) is 8.42 Å². The highest BCUT2D eigenvalue weighted by molar-refractivity contribution is 7.90. The van der Waals surface area contributed by atoms with Gasteiger partial charge in [-0.25, -0.2) is 0 Å². The maximum absolute atomic E-state index is 11.8. The highest BCUT2D eigenvalue weighted by Crippen LogP contribution is 2.13. The Hall–Kier alpha value is -1.11. The van der Waals surface area contributed by atoms with Crippen molar-refractivity contribution in [2.75, 3.05) is 11.8 Å². The monoisotopic (exact) mass is 271 g/mol. The summed E-state index contributed by atoms with van der Waals surface area (Å²) in [6.07, 6.45) is 0. The molecular formula is C12H21N3O2S. The molecule has 0 aliphatic heterocycles. The molecule has 0 unspecified atom stereocenters. The fourth-order valence-electron chi connectivity index (χ4n) is 1.53. The molecule has 1 aromatic carbocycles. The summed E-state index contributed by atoms with van der Waals surface area (Å²) in [6, 6.07) is 7.28. The van der Waals surface area contributed by atoms with Crippen LogP contribution in [0.1, 0.15) is 26.3 Å². The molecule has 18 heavy (non-hydrogen) atoms. The summed E-state index contributed by atoms with van der Waals surface area (Å²) in [7, 11) is -1.70. The van der Waals surface area contributed by atoms with Crippen LogP contribution in [0.25, 0.3) is 0 Å². The summed E-state index contributed by atoms with van der Waals surface area (Å²) < 4.78 is 28.7. The van der Waals surface area contributed by atoms with Crippen LogP contribution in [0, 0.1) is 0 Å². The van der Waals surface area contributed by atoms with Crippen molar-refractivity contribution in [3.05, 3.63) is 29.8 Å². The van der Waals surface area contributed by atoms with Crippen LogP contribution in [-0.4, -0.2) is 21.0 Å². The molecule has 5 nitrogen and oxygen atoms in total. The van der Waals surface area contributed by atoms with E-state index in [1.165, 1.54) is 0 Å². The minimum Gasteiger partial charge on any atom is -0.316 e. The van der Waals surface area contributed by atoms with E-state index < -0.39 is 15.7 Å². The molecule has 0 fully saturated rings. The molecule has 0 saturated carbocycles. The van der Waals surface area contributed by atoms with Crippen LogP contribution in [0.2, 0.25) is 0 Å². The molecule has 102 valence electrons. The van der Waals surface area contributed by atoms with Crippen molar-refractivity contribution in [1.29, 1.82) is 0 Å². The number of rotatable bonds is 5. The normalized spacial score (nSPS) is 12.4. The van der Waals surface area contributed by atoms with E-state index in [0.29, 0.717) is 12.2 Å². The largest absolute Gasteiger partial charge is 0.316 e. The number of nitrogens with one attached hydrogen (secondary N) is 3. The van der Waals surface area contributed by atoms with Gasteiger partial charge in [-0.3, -0.25) is 4.72 Å². The second-order valence-electron chi connectivity index (χ2n) is 5.19. The Morgan fingerprint density at radius 3 is 2.44 bits per heavy atom. The fraction of sp³-hybridized carbons (Fsp3) is 0.500. The van der Waals surface area contributed by atoms with Gasteiger partial charge in [-0.1, -0.05) is 12.1 Å². The summed E-state index contributed by atoms with van der Waals surface area (Å²) in [4.78, 5) is 0. The maximum Gasteiger partial charge on any atom is 0.299 e. The second-order valence-corrected chi connectivity index (χ2v) is 6.60. The summed E-state index contributed by atoms with van der Waals surface area (Å²) in [5.41, 5.74) is 1.07. The third-order valence-corrected chi connectivity index (χ3v) is 3.39. The molecule has 0 heterocycles. The molecule has 0 bridgehead atoms. The smallest absolute Gasteiger partial charge is 0.299 e. The number of hydrogen-bond acceptors (Lipinski definition) is 3. The lowest BCUT2D eigenvalue weighted by Gasteiger charge is -2.21. The van der Waals surface area contributed by atoms with E-state index in [-0.39, 0.29) is 0 Å². The van der Waals surface area contributed by atoms with Crippen LogP contribution in [-0.2, 0) is 16.8 Å². The zero-order chi connectivity index (χ0) is 13.8. The molecule has 0 aromatic heterocycles. The molecule has 0 atom stereocenters. The van der Waals surface area contributed by atoms with Crippen LogP contribution < -0.4 is 14.8 Å². The van der Waals surface area contributed by atoms with Crippen molar-refractivity contribution in [3.8, 4) is 0 Å². The van der Waals surface area contributed by atoms with Gasteiger partial charge in [0.25, 0.3) is 10.2 Å². The van der Waals surface area contributed by atoms with Gasteiger partial charge in [-0.15, -0.1) is 0 Å². The lowest BCUT2D eigenvalue weighted by molar-refractivity contribution is 0.494. The molecule has 0 aliphatic carbocycles. The molecule has 1 aromatic rings. The van der Waals surface area contributed by atoms with E-state index in [1.54, 1.807) is 32.9 Å². The van der Waals surface area contributed by atoms with Crippen LogP contribution in [0.15, 0.2) is 24.3 Å². The van der Waals surface area contributed by atoms with Gasteiger partial charge in [0.05, 0.1) is 5.69 Å². The van der Waals surface area contributed by atoms with E-state index in [0.717, 1.165) is 5.56 Å². The zero-order valence-corrected chi connectivity index (χ0v) is 12.1. The van der Waals surface area contributed by atoms with Crippen LogP contribution >= 0.6 is 0 Å². The molecular weight excluding hydrogens is 250 g/mol. The molecule has 0 amide bonds. The number of benzene rings is 1. The van der Waals surface area contributed by atoms with E-state index >= 15 is 0 Å². The highest BCUT2D eigenvalue weighted by atomic mass is 32.2. The first-order valence-corrected chi connectivity index (χ1v) is 7.25. The Morgan fingerprint density at radius 1 is 1.22 bits per heavy atom. The van der Waals surface area contributed by atoms with Gasteiger partial charge in [0.2, 0.25) is 0 Å². The average molecular weight is 271 g/mol. The molecule has 0 radical (unpaired) electrons. The Kier molecular flexibility index (Phi) is 4.72. The van der Waals surface area contributed by atoms with Crippen molar-refractivity contribution in [3.63, 3.8) is 0 Å². The predicted molar refractivity (Wildman–Crippen MR) is 74.6 cm³/mol.